The smallest absolute Gasteiger partial charge is 0.272 e. The Bertz CT molecular complexity index is 1300. The normalized spacial score (nSPS) is 10.8. The lowest BCUT2D eigenvalue weighted by Crippen LogP contribution is -2.15. The van der Waals surface area contributed by atoms with Gasteiger partial charge in [-0.2, -0.15) is 0 Å². The van der Waals surface area contributed by atoms with Gasteiger partial charge in [0.25, 0.3) is 5.91 Å². The number of aromatic amines is 1. The molecule has 0 atom stereocenters. The van der Waals surface area contributed by atoms with Gasteiger partial charge in [0.2, 0.25) is 5.88 Å². The number of anilines is 1. The predicted molar refractivity (Wildman–Crippen MR) is 119 cm³/mol. The molecule has 0 spiro atoms. The van der Waals surface area contributed by atoms with Crippen molar-refractivity contribution in [1.29, 1.82) is 0 Å². The number of nitrogens with one attached hydrogen (secondary N) is 2. The van der Waals surface area contributed by atoms with E-state index in [1.165, 1.54) is 0 Å². The van der Waals surface area contributed by atoms with Gasteiger partial charge >= 0.3 is 0 Å². The van der Waals surface area contributed by atoms with Crippen LogP contribution in [0.15, 0.2) is 66.3 Å². The average Bonchev–Trinajstić information content (AvgIpc) is 3.41. The van der Waals surface area contributed by atoms with Gasteiger partial charge in [0, 0.05) is 35.6 Å². The van der Waals surface area contributed by atoms with Gasteiger partial charge in [0.05, 0.1) is 11.9 Å². The Morgan fingerprint density at radius 2 is 2.10 bits per heavy atom. The van der Waals surface area contributed by atoms with Crippen LogP contribution < -0.4 is 10.1 Å². The predicted octanol–water partition coefficient (Wildman–Crippen LogP) is 5.58. The molecule has 0 saturated carbocycles. The number of hydrogen-bond acceptors (Lipinski definition) is 4. The van der Waals surface area contributed by atoms with Crippen LogP contribution in [0.5, 0.6) is 11.6 Å². The van der Waals surface area contributed by atoms with E-state index in [2.05, 4.69) is 15.3 Å². The van der Waals surface area contributed by atoms with E-state index in [1.54, 1.807) is 29.7 Å². The molecule has 0 radical (unpaired) electrons. The molecular formula is C21H17ClN4O2S. The standard InChI is InChI=1S/C21H16N4O2S.ClH/c1-25-17(11-13-8-10-28-21(13)25)20(26)24-14-5-6-19(23-12-14)27-18-4-2-3-16-15(18)7-9-22-16;/h2-12,22H,1H3,(H,24,26);1H. The number of benzene rings is 1. The Hall–Kier alpha value is -3.29. The minimum atomic E-state index is -0.168. The SMILES string of the molecule is Cl.Cn1c(C(=O)Nc2ccc(Oc3cccc4[nH]ccc34)nc2)cc2ccsc21. The van der Waals surface area contributed by atoms with Gasteiger partial charge in [-0.3, -0.25) is 4.79 Å². The molecule has 5 aromatic rings. The van der Waals surface area contributed by atoms with Crippen molar-refractivity contribution in [3.8, 4) is 11.6 Å². The lowest BCUT2D eigenvalue weighted by molar-refractivity contribution is 0.101. The van der Waals surface area contributed by atoms with Crippen LogP contribution in [0.25, 0.3) is 21.1 Å². The zero-order valence-electron chi connectivity index (χ0n) is 15.4. The quantitative estimate of drug-likeness (QED) is 0.395. The van der Waals surface area contributed by atoms with Crippen LogP contribution in [0.4, 0.5) is 5.69 Å². The number of nitrogens with zero attached hydrogens (tertiary/aromatic N) is 2. The second-order valence-corrected chi connectivity index (χ2v) is 7.30. The lowest BCUT2D eigenvalue weighted by Gasteiger charge is -2.08. The number of pyridine rings is 1. The maximum absolute atomic E-state index is 12.6. The molecule has 4 aromatic heterocycles. The first-order valence-electron chi connectivity index (χ1n) is 8.73. The second kappa shape index (κ2) is 7.62. The fourth-order valence-corrected chi connectivity index (χ4v) is 4.10. The van der Waals surface area contributed by atoms with Crippen molar-refractivity contribution in [3.05, 3.63) is 72.0 Å². The monoisotopic (exact) mass is 424 g/mol. The van der Waals surface area contributed by atoms with Crippen molar-refractivity contribution in [2.24, 2.45) is 7.05 Å². The topological polar surface area (TPSA) is 71.9 Å². The molecule has 2 N–H and O–H groups in total. The minimum absolute atomic E-state index is 0. The van der Waals surface area contributed by atoms with E-state index < -0.39 is 0 Å². The zero-order chi connectivity index (χ0) is 19.1. The molecule has 0 aliphatic heterocycles. The summed E-state index contributed by atoms with van der Waals surface area (Å²) in [7, 11) is 1.89. The summed E-state index contributed by atoms with van der Waals surface area (Å²) in [6.07, 6.45) is 3.47. The molecule has 0 saturated heterocycles. The number of rotatable bonds is 4. The highest BCUT2D eigenvalue weighted by Gasteiger charge is 2.14. The summed E-state index contributed by atoms with van der Waals surface area (Å²) in [5, 5.41) is 6.96. The van der Waals surface area contributed by atoms with Crippen LogP contribution in [-0.4, -0.2) is 20.4 Å². The van der Waals surface area contributed by atoms with Crippen LogP contribution in [0.1, 0.15) is 10.5 Å². The molecule has 5 rings (SSSR count). The molecule has 0 bridgehead atoms. The van der Waals surface area contributed by atoms with E-state index in [4.69, 9.17) is 4.74 Å². The van der Waals surface area contributed by atoms with E-state index in [0.29, 0.717) is 17.3 Å². The number of fused-ring (bicyclic) bond motifs is 2. The summed E-state index contributed by atoms with van der Waals surface area (Å²) < 4.78 is 7.80. The number of hydrogen-bond donors (Lipinski definition) is 2. The molecule has 1 amide bonds. The molecule has 0 unspecified atom stereocenters. The summed E-state index contributed by atoms with van der Waals surface area (Å²) in [5.74, 6) is 1.02. The molecule has 6 nitrogen and oxygen atoms in total. The number of H-pyrrole nitrogens is 1. The molecule has 0 aliphatic carbocycles. The van der Waals surface area contributed by atoms with E-state index in [-0.39, 0.29) is 18.3 Å². The lowest BCUT2D eigenvalue weighted by atomic mass is 10.2. The van der Waals surface area contributed by atoms with Gasteiger partial charge in [-0.25, -0.2) is 4.98 Å². The Morgan fingerprint density at radius 1 is 1.21 bits per heavy atom. The van der Waals surface area contributed by atoms with Crippen molar-refractivity contribution in [2.45, 2.75) is 0 Å². The highest BCUT2D eigenvalue weighted by molar-refractivity contribution is 7.16. The van der Waals surface area contributed by atoms with Crippen LogP contribution in [0, 0.1) is 0 Å². The number of halogens is 1. The number of ether oxygens (including phenoxy) is 1. The Morgan fingerprint density at radius 3 is 2.90 bits per heavy atom. The maximum Gasteiger partial charge on any atom is 0.272 e. The first-order chi connectivity index (χ1) is 13.7. The molecule has 146 valence electrons. The third-order valence-corrected chi connectivity index (χ3v) is 5.63. The van der Waals surface area contributed by atoms with Crippen molar-refractivity contribution in [1.82, 2.24) is 14.5 Å². The van der Waals surface area contributed by atoms with Crippen LogP contribution in [-0.2, 0) is 7.05 Å². The number of carbonyl (C=O) groups excluding carboxylic acids is 1. The Labute approximate surface area is 176 Å². The van der Waals surface area contributed by atoms with Crippen molar-refractivity contribution >= 4 is 56.5 Å². The summed E-state index contributed by atoms with van der Waals surface area (Å²) >= 11 is 1.61. The van der Waals surface area contributed by atoms with E-state index in [0.717, 1.165) is 26.9 Å². The minimum Gasteiger partial charge on any atom is -0.438 e. The van der Waals surface area contributed by atoms with Gasteiger partial charge in [-0.1, -0.05) is 6.07 Å². The van der Waals surface area contributed by atoms with Gasteiger partial charge in [-0.05, 0) is 41.8 Å². The van der Waals surface area contributed by atoms with Crippen LogP contribution in [0.2, 0.25) is 0 Å². The summed E-state index contributed by atoms with van der Waals surface area (Å²) in [6, 6.07) is 15.2. The Kier molecular flexibility index (Phi) is 5.00. The molecule has 0 fully saturated rings. The second-order valence-electron chi connectivity index (χ2n) is 6.41. The van der Waals surface area contributed by atoms with Crippen LogP contribution >= 0.6 is 23.7 Å². The van der Waals surface area contributed by atoms with Gasteiger partial charge in [-0.15, -0.1) is 23.7 Å². The fraction of sp³-hybridized carbons (Fsp3) is 0.0476. The number of amides is 1. The first kappa shape index (κ1) is 19.0. The number of aryl methyl sites for hydroxylation is 1. The zero-order valence-corrected chi connectivity index (χ0v) is 17.0. The summed E-state index contributed by atoms with van der Waals surface area (Å²) in [4.78, 5) is 21.2. The highest BCUT2D eigenvalue weighted by Crippen LogP contribution is 2.29. The summed E-state index contributed by atoms with van der Waals surface area (Å²) in [5.41, 5.74) is 2.23. The average molecular weight is 425 g/mol. The molecule has 29 heavy (non-hydrogen) atoms. The number of thiophene rings is 1. The van der Waals surface area contributed by atoms with Crippen molar-refractivity contribution in [2.75, 3.05) is 5.32 Å². The van der Waals surface area contributed by atoms with Gasteiger partial charge in [0.1, 0.15) is 16.3 Å². The highest BCUT2D eigenvalue weighted by atomic mass is 35.5. The number of aromatic nitrogens is 3. The summed E-state index contributed by atoms with van der Waals surface area (Å²) in [6.45, 7) is 0. The molecular weight excluding hydrogens is 408 g/mol. The third-order valence-electron chi connectivity index (χ3n) is 4.63. The molecule has 0 aliphatic rings. The first-order valence-corrected chi connectivity index (χ1v) is 9.61. The third kappa shape index (κ3) is 3.46. The van der Waals surface area contributed by atoms with E-state index >= 15 is 0 Å². The molecule has 8 heteroatoms. The van der Waals surface area contributed by atoms with Crippen molar-refractivity contribution < 1.29 is 9.53 Å². The van der Waals surface area contributed by atoms with E-state index in [9.17, 15) is 4.79 Å². The number of carbonyl (C=O) groups is 1. The Balaban J connectivity index is 0.00000205. The van der Waals surface area contributed by atoms with Gasteiger partial charge < -0.3 is 19.6 Å². The fourth-order valence-electron chi connectivity index (χ4n) is 3.23. The van der Waals surface area contributed by atoms with E-state index in [1.807, 2.05) is 59.6 Å². The molecule has 4 heterocycles. The van der Waals surface area contributed by atoms with Crippen LogP contribution in [0.3, 0.4) is 0 Å². The molecule has 1 aromatic carbocycles. The van der Waals surface area contributed by atoms with Gasteiger partial charge in [0.15, 0.2) is 0 Å². The maximum atomic E-state index is 12.6. The largest absolute Gasteiger partial charge is 0.438 e. The van der Waals surface area contributed by atoms with Crippen molar-refractivity contribution in [3.63, 3.8) is 0 Å².